The zero-order chi connectivity index (χ0) is 20.9. The zero-order valence-corrected chi connectivity index (χ0v) is 17.6. The van der Waals surface area contributed by atoms with Crippen LogP contribution in [0.3, 0.4) is 0 Å². The number of nitrogens with zero attached hydrogens (tertiary/aromatic N) is 3. The van der Waals surface area contributed by atoms with Crippen molar-refractivity contribution < 1.29 is 14.3 Å². The van der Waals surface area contributed by atoms with Gasteiger partial charge < -0.3 is 15.0 Å². The average molecular weight is 425 g/mol. The van der Waals surface area contributed by atoms with Crippen LogP contribution in [0.25, 0.3) is 10.6 Å². The van der Waals surface area contributed by atoms with Crippen molar-refractivity contribution in [1.82, 2.24) is 20.0 Å². The lowest BCUT2D eigenvalue weighted by molar-refractivity contribution is -0.142. The second-order valence-corrected chi connectivity index (χ2v) is 8.16. The SMILES string of the molecule is COC(=O)C(Cc1ccccc1)NC(=O)N1CCCn2nc(-c3cccs3)cc2C1. The number of aryl methyl sites for hydroxylation is 1. The highest BCUT2D eigenvalue weighted by molar-refractivity contribution is 7.13. The molecule has 1 aliphatic rings. The van der Waals surface area contributed by atoms with Gasteiger partial charge in [0.05, 0.1) is 24.2 Å². The Morgan fingerprint density at radius 3 is 2.77 bits per heavy atom. The monoisotopic (exact) mass is 424 g/mol. The molecule has 156 valence electrons. The van der Waals surface area contributed by atoms with Gasteiger partial charge in [-0.25, -0.2) is 9.59 Å². The van der Waals surface area contributed by atoms with Crippen molar-refractivity contribution in [3.63, 3.8) is 0 Å². The second-order valence-electron chi connectivity index (χ2n) is 7.21. The van der Waals surface area contributed by atoms with E-state index in [2.05, 4.69) is 5.32 Å². The van der Waals surface area contributed by atoms with Gasteiger partial charge in [-0.05, 0) is 29.5 Å². The first kappa shape index (κ1) is 20.2. The second kappa shape index (κ2) is 9.13. The van der Waals surface area contributed by atoms with Crippen LogP contribution in [0.15, 0.2) is 53.9 Å². The number of ether oxygens (including phenoxy) is 1. The summed E-state index contributed by atoms with van der Waals surface area (Å²) in [5, 5.41) is 9.59. The van der Waals surface area contributed by atoms with E-state index in [4.69, 9.17) is 9.84 Å². The van der Waals surface area contributed by atoms with Crippen molar-refractivity contribution in [2.45, 2.75) is 32.0 Å². The van der Waals surface area contributed by atoms with Crippen LogP contribution in [0.2, 0.25) is 0 Å². The van der Waals surface area contributed by atoms with Crippen molar-refractivity contribution in [3.05, 3.63) is 65.2 Å². The maximum Gasteiger partial charge on any atom is 0.328 e. The summed E-state index contributed by atoms with van der Waals surface area (Å²) < 4.78 is 6.89. The van der Waals surface area contributed by atoms with E-state index in [0.29, 0.717) is 19.5 Å². The maximum atomic E-state index is 13.0. The van der Waals surface area contributed by atoms with E-state index >= 15 is 0 Å². The van der Waals surface area contributed by atoms with Crippen LogP contribution in [-0.2, 0) is 29.0 Å². The molecule has 0 radical (unpaired) electrons. The largest absolute Gasteiger partial charge is 0.467 e. The minimum atomic E-state index is -0.736. The summed E-state index contributed by atoms with van der Waals surface area (Å²) in [5.41, 5.74) is 2.88. The minimum Gasteiger partial charge on any atom is -0.467 e. The molecule has 0 bridgehead atoms. The van der Waals surface area contributed by atoms with Crippen LogP contribution in [0.1, 0.15) is 17.7 Å². The van der Waals surface area contributed by atoms with Crippen molar-refractivity contribution in [1.29, 1.82) is 0 Å². The molecule has 1 unspecified atom stereocenters. The zero-order valence-electron chi connectivity index (χ0n) is 16.8. The molecule has 0 saturated heterocycles. The first-order chi connectivity index (χ1) is 14.6. The summed E-state index contributed by atoms with van der Waals surface area (Å²) in [6, 6.07) is 14.7. The number of nitrogens with one attached hydrogen (secondary N) is 1. The lowest BCUT2D eigenvalue weighted by Crippen LogP contribution is -2.49. The fourth-order valence-electron chi connectivity index (χ4n) is 3.61. The van der Waals surface area contributed by atoms with Crippen molar-refractivity contribution in [3.8, 4) is 10.6 Å². The summed E-state index contributed by atoms with van der Waals surface area (Å²) in [6.45, 7) is 1.81. The van der Waals surface area contributed by atoms with Gasteiger partial charge in [-0.1, -0.05) is 36.4 Å². The van der Waals surface area contributed by atoms with Crippen molar-refractivity contribution in [2.24, 2.45) is 0 Å². The number of methoxy groups -OCH3 is 1. The van der Waals surface area contributed by atoms with Gasteiger partial charge in [0.25, 0.3) is 0 Å². The van der Waals surface area contributed by atoms with Gasteiger partial charge in [0.15, 0.2) is 0 Å². The molecule has 1 atom stereocenters. The van der Waals surface area contributed by atoms with E-state index in [1.807, 2.05) is 58.6 Å². The Bertz CT molecular complexity index is 1000. The fourth-order valence-corrected chi connectivity index (χ4v) is 4.29. The fraction of sp³-hybridized carbons (Fsp3) is 0.318. The van der Waals surface area contributed by atoms with Crippen LogP contribution in [0.4, 0.5) is 4.79 Å². The number of hydrogen-bond donors (Lipinski definition) is 1. The maximum absolute atomic E-state index is 13.0. The van der Waals surface area contributed by atoms with Gasteiger partial charge in [0, 0.05) is 19.5 Å². The Kier molecular flexibility index (Phi) is 6.13. The molecule has 7 nitrogen and oxygen atoms in total. The normalized spacial score (nSPS) is 14.5. The lowest BCUT2D eigenvalue weighted by Gasteiger charge is -2.24. The number of urea groups is 1. The summed E-state index contributed by atoms with van der Waals surface area (Å²) in [6.07, 6.45) is 1.18. The quantitative estimate of drug-likeness (QED) is 0.638. The summed E-state index contributed by atoms with van der Waals surface area (Å²) in [4.78, 5) is 28.1. The predicted molar refractivity (Wildman–Crippen MR) is 115 cm³/mol. The van der Waals surface area contributed by atoms with Crippen molar-refractivity contribution >= 4 is 23.3 Å². The summed E-state index contributed by atoms with van der Waals surface area (Å²) in [5.74, 6) is -0.452. The highest BCUT2D eigenvalue weighted by atomic mass is 32.1. The number of carbonyl (C=O) groups excluding carboxylic acids is 2. The topological polar surface area (TPSA) is 76.5 Å². The van der Waals surface area contributed by atoms with Crippen molar-refractivity contribution in [2.75, 3.05) is 13.7 Å². The first-order valence-electron chi connectivity index (χ1n) is 9.92. The Morgan fingerprint density at radius 2 is 2.03 bits per heavy atom. The Labute approximate surface area is 179 Å². The molecule has 1 aromatic carbocycles. The summed E-state index contributed by atoms with van der Waals surface area (Å²) in [7, 11) is 1.34. The number of carbonyl (C=O) groups is 2. The van der Waals surface area contributed by atoms with E-state index in [0.717, 1.165) is 34.8 Å². The molecule has 3 heterocycles. The lowest BCUT2D eigenvalue weighted by atomic mass is 10.1. The van der Waals surface area contributed by atoms with E-state index < -0.39 is 12.0 Å². The third-order valence-electron chi connectivity index (χ3n) is 5.14. The van der Waals surface area contributed by atoms with E-state index in [1.54, 1.807) is 16.2 Å². The minimum absolute atomic E-state index is 0.270. The third kappa shape index (κ3) is 4.54. The number of esters is 1. The number of benzene rings is 1. The van der Waals surface area contributed by atoms with Crippen LogP contribution >= 0.6 is 11.3 Å². The number of thiophene rings is 1. The number of rotatable bonds is 5. The molecule has 1 aliphatic heterocycles. The van der Waals surface area contributed by atoms with Crippen LogP contribution in [-0.4, -0.2) is 46.4 Å². The first-order valence-corrected chi connectivity index (χ1v) is 10.8. The Hall–Kier alpha value is -3.13. The number of hydrogen-bond acceptors (Lipinski definition) is 5. The molecule has 2 amide bonds. The molecule has 3 aromatic rings. The van der Waals surface area contributed by atoms with E-state index in [-0.39, 0.29) is 6.03 Å². The van der Waals surface area contributed by atoms with Crippen LogP contribution in [0, 0.1) is 0 Å². The highest BCUT2D eigenvalue weighted by Crippen LogP contribution is 2.26. The van der Waals surface area contributed by atoms with E-state index in [1.165, 1.54) is 7.11 Å². The highest BCUT2D eigenvalue weighted by Gasteiger charge is 2.27. The molecule has 1 N–H and O–H groups in total. The molecular formula is C22H24N4O3S. The molecule has 8 heteroatoms. The molecule has 0 aliphatic carbocycles. The standard InChI is InChI=1S/C22H24N4O3S/c1-29-21(27)19(13-16-7-3-2-4-8-16)23-22(28)25-10-6-11-26-17(15-25)14-18(24-26)20-9-5-12-30-20/h2-5,7-9,12,14,19H,6,10-11,13,15H2,1H3,(H,23,28). The molecule has 30 heavy (non-hydrogen) atoms. The van der Waals surface area contributed by atoms with Gasteiger partial charge in [-0.3, -0.25) is 4.68 Å². The van der Waals surface area contributed by atoms with Gasteiger partial charge in [-0.15, -0.1) is 11.3 Å². The molecule has 0 fully saturated rings. The Balaban J connectivity index is 1.47. The predicted octanol–water partition coefficient (Wildman–Crippen LogP) is 3.31. The van der Waals surface area contributed by atoms with Gasteiger partial charge in [-0.2, -0.15) is 5.10 Å². The molecule has 2 aromatic heterocycles. The molecule has 4 rings (SSSR count). The molecule has 0 saturated carbocycles. The molecular weight excluding hydrogens is 400 g/mol. The van der Waals surface area contributed by atoms with Gasteiger partial charge in [0.1, 0.15) is 11.7 Å². The number of aromatic nitrogens is 2. The number of fused-ring (bicyclic) bond motifs is 1. The van der Waals surface area contributed by atoms with Crippen LogP contribution < -0.4 is 5.32 Å². The average Bonchev–Trinajstić information content (AvgIpc) is 3.39. The van der Waals surface area contributed by atoms with Crippen LogP contribution in [0.5, 0.6) is 0 Å². The third-order valence-corrected chi connectivity index (χ3v) is 6.03. The van der Waals surface area contributed by atoms with Gasteiger partial charge >= 0.3 is 12.0 Å². The smallest absolute Gasteiger partial charge is 0.328 e. The van der Waals surface area contributed by atoms with Gasteiger partial charge in [0.2, 0.25) is 0 Å². The van der Waals surface area contributed by atoms with E-state index in [9.17, 15) is 9.59 Å². The Morgan fingerprint density at radius 1 is 1.20 bits per heavy atom. The molecule has 0 spiro atoms. The number of amides is 2. The summed E-state index contributed by atoms with van der Waals surface area (Å²) >= 11 is 1.65.